The number of ether oxygens (including phenoxy) is 1. The van der Waals surface area contributed by atoms with Gasteiger partial charge in [-0.05, 0) is 24.6 Å². The smallest absolute Gasteiger partial charge is 0.309 e. The average molecular weight is 235 g/mol. The lowest BCUT2D eigenvalue weighted by molar-refractivity contribution is -0.385. The SMILES string of the molecule is COC(=O)CC=Cc1ccc([N+](=O)[O-])c(C)c1. The molecule has 0 fully saturated rings. The maximum Gasteiger partial charge on any atom is 0.309 e. The number of aryl methyl sites for hydroxylation is 1. The van der Waals surface area contributed by atoms with Crippen molar-refractivity contribution in [3.05, 3.63) is 45.5 Å². The summed E-state index contributed by atoms with van der Waals surface area (Å²) in [5.74, 6) is -0.320. The van der Waals surface area contributed by atoms with Gasteiger partial charge in [0.2, 0.25) is 0 Å². The highest BCUT2D eigenvalue weighted by Crippen LogP contribution is 2.19. The number of nitro benzene ring substituents is 1. The van der Waals surface area contributed by atoms with Crippen LogP contribution in [0.15, 0.2) is 24.3 Å². The Kier molecular flexibility index (Phi) is 4.39. The van der Waals surface area contributed by atoms with Crippen LogP contribution in [0.2, 0.25) is 0 Å². The van der Waals surface area contributed by atoms with Crippen molar-refractivity contribution < 1.29 is 14.5 Å². The minimum Gasteiger partial charge on any atom is -0.469 e. The van der Waals surface area contributed by atoms with Crippen LogP contribution in [0.1, 0.15) is 17.5 Å². The quantitative estimate of drug-likeness (QED) is 0.456. The van der Waals surface area contributed by atoms with E-state index in [1.807, 2.05) is 0 Å². The molecule has 0 heterocycles. The molecule has 1 aromatic carbocycles. The zero-order valence-corrected chi connectivity index (χ0v) is 9.67. The Hall–Kier alpha value is -2.17. The number of benzene rings is 1. The first kappa shape index (κ1) is 12.9. The van der Waals surface area contributed by atoms with Crippen LogP contribution in [0, 0.1) is 17.0 Å². The summed E-state index contributed by atoms with van der Waals surface area (Å²) in [4.78, 5) is 21.0. The maximum atomic E-state index is 10.8. The summed E-state index contributed by atoms with van der Waals surface area (Å²) in [6.07, 6.45) is 3.58. The van der Waals surface area contributed by atoms with Crippen LogP contribution in [0.5, 0.6) is 0 Å². The van der Waals surface area contributed by atoms with E-state index in [-0.39, 0.29) is 18.1 Å². The number of nitrogens with zero attached hydrogens (tertiary/aromatic N) is 1. The molecule has 5 nitrogen and oxygen atoms in total. The van der Waals surface area contributed by atoms with Crippen molar-refractivity contribution in [1.29, 1.82) is 0 Å². The number of carbonyl (C=O) groups excluding carboxylic acids is 1. The topological polar surface area (TPSA) is 69.4 Å². The lowest BCUT2D eigenvalue weighted by Crippen LogP contribution is -1.96. The molecule has 0 amide bonds. The first-order valence-corrected chi connectivity index (χ1v) is 5.03. The van der Waals surface area contributed by atoms with Gasteiger partial charge in [0.1, 0.15) is 0 Å². The number of hydrogen-bond acceptors (Lipinski definition) is 4. The second-order valence-corrected chi connectivity index (χ2v) is 3.49. The molecule has 90 valence electrons. The lowest BCUT2D eigenvalue weighted by atomic mass is 10.1. The molecule has 0 N–H and O–H groups in total. The van der Waals surface area contributed by atoms with Gasteiger partial charge in [-0.2, -0.15) is 0 Å². The van der Waals surface area contributed by atoms with Gasteiger partial charge in [-0.3, -0.25) is 14.9 Å². The Morgan fingerprint density at radius 2 is 2.24 bits per heavy atom. The van der Waals surface area contributed by atoms with E-state index in [9.17, 15) is 14.9 Å². The maximum absolute atomic E-state index is 10.8. The summed E-state index contributed by atoms with van der Waals surface area (Å²) < 4.78 is 4.48. The third-order valence-corrected chi connectivity index (χ3v) is 2.24. The molecule has 0 bridgehead atoms. The van der Waals surface area contributed by atoms with Gasteiger partial charge in [0.05, 0.1) is 18.5 Å². The van der Waals surface area contributed by atoms with Crippen molar-refractivity contribution in [2.75, 3.05) is 7.11 Å². The molecule has 0 aliphatic heterocycles. The summed E-state index contributed by atoms with van der Waals surface area (Å²) in [6, 6.07) is 4.79. The van der Waals surface area contributed by atoms with E-state index in [0.29, 0.717) is 5.56 Å². The number of carbonyl (C=O) groups is 1. The Morgan fingerprint density at radius 3 is 2.76 bits per heavy atom. The van der Waals surface area contributed by atoms with Crippen LogP contribution < -0.4 is 0 Å². The van der Waals surface area contributed by atoms with E-state index < -0.39 is 4.92 Å². The zero-order valence-electron chi connectivity index (χ0n) is 9.67. The van der Waals surface area contributed by atoms with E-state index in [2.05, 4.69) is 4.74 Å². The van der Waals surface area contributed by atoms with Gasteiger partial charge in [0.25, 0.3) is 5.69 Å². The molecule has 1 aromatic rings. The van der Waals surface area contributed by atoms with Gasteiger partial charge >= 0.3 is 5.97 Å². The third-order valence-electron chi connectivity index (χ3n) is 2.24. The summed E-state index contributed by atoms with van der Waals surface area (Å²) >= 11 is 0. The van der Waals surface area contributed by atoms with E-state index in [1.54, 1.807) is 31.2 Å². The van der Waals surface area contributed by atoms with Crippen molar-refractivity contribution in [2.45, 2.75) is 13.3 Å². The molecule has 0 spiro atoms. The fourth-order valence-corrected chi connectivity index (χ4v) is 1.36. The van der Waals surface area contributed by atoms with Crippen molar-refractivity contribution in [1.82, 2.24) is 0 Å². The molecule has 1 rings (SSSR count). The van der Waals surface area contributed by atoms with E-state index >= 15 is 0 Å². The van der Waals surface area contributed by atoms with E-state index in [0.717, 1.165) is 5.56 Å². The number of methoxy groups -OCH3 is 1. The first-order valence-electron chi connectivity index (χ1n) is 5.03. The molecular formula is C12H13NO4. The van der Waals surface area contributed by atoms with Crippen molar-refractivity contribution >= 4 is 17.7 Å². The van der Waals surface area contributed by atoms with Gasteiger partial charge in [-0.25, -0.2) is 0 Å². The number of hydrogen-bond donors (Lipinski definition) is 0. The first-order chi connectivity index (χ1) is 8.04. The fourth-order valence-electron chi connectivity index (χ4n) is 1.36. The monoisotopic (exact) mass is 235 g/mol. The van der Waals surface area contributed by atoms with Crippen LogP contribution in [-0.4, -0.2) is 18.0 Å². The Labute approximate surface area is 98.9 Å². The van der Waals surface area contributed by atoms with Crippen LogP contribution in [0.25, 0.3) is 6.08 Å². The molecule has 0 unspecified atom stereocenters. The Morgan fingerprint density at radius 1 is 1.53 bits per heavy atom. The molecule has 0 aliphatic carbocycles. The van der Waals surface area contributed by atoms with Gasteiger partial charge in [-0.1, -0.05) is 12.2 Å². The molecule has 0 saturated carbocycles. The van der Waals surface area contributed by atoms with Gasteiger partial charge in [0, 0.05) is 11.6 Å². The molecule has 0 saturated heterocycles. The largest absolute Gasteiger partial charge is 0.469 e. The number of esters is 1. The molecule has 0 aromatic heterocycles. The number of rotatable bonds is 4. The van der Waals surface area contributed by atoms with Crippen LogP contribution >= 0.6 is 0 Å². The number of nitro groups is 1. The zero-order chi connectivity index (χ0) is 12.8. The highest BCUT2D eigenvalue weighted by atomic mass is 16.6. The summed E-state index contributed by atoms with van der Waals surface area (Å²) in [5, 5.41) is 10.6. The Bertz CT molecular complexity index is 466. The summed E-state index contributed by atoms with van der Waals surface area (Å²) in [5.41, 5.74) is 1.50. The van der Waals surface area contributed by atoms with Crippen LogP contribution in [0.3, 0.4) is 0 Å². The molecular weight excluding hydrogens is 222 g/mol. The highest BCUT2D eigenvalue weighted by molar-refractivity contribution is 5.72. The molecule has 0 radical (unpaired) electrons. The van der Waals surface area contributed by atoms with E-state index in [1.165, 1.54) is 13.2 Å². The van der Waals surface area contributed by atoms with Gasteiger partial charge < -0.3 is 4.74 Å². The summed E-state index contributed by atoms with van der Waals surface area (Å²) in [7, 11) is 1.33. The van der Waals surface area contributed by atoms with E-state index in [4.69, 9.17) is 0 Å². The molecule has 0 atom stereocenters. The average Bonchev–Trinajstić information content (AvgIpc) is 2.28. The van der Waals surface area contributed by atoms with Crippen molar-refractivity contribution in [3.63, 3.8) is 0 Å². The lowest BCUT2D eigenvalue weighted by Gasteiger charge is -1.98. The Balaban J connectivity index is 2.77. The van der Waals surface area contributed by atoms with Crippen molar-refractivity contribution in [3.8, 4) is 0 Å². The molecule has 17 heavy (non-hydrogen) atoms. The predicted molar refractivity (Wildman–Crippen MR) is 63.5 cm³/mol. The second-order valence-electron chi connectivity index (χ2n) is 3.49. The van der Waals surface area contributed by atoms with Crippen LogP contribution in [0.4, 0.5) is 5.69 Å². The van der Waals surface area contributed by atoms with Gasteiger partial charge in [0.15, 0.2) is 0 Å². The fraction of sp³-hybridized carbons (Fsp3) is 0.250. The van der Waals surface area contributed by atoms with Crippen LogP contribution in [-0.2, 0) is 9.53 Å². The minimum atomic E-state index is -0.419. The summed E-state index contributed by atoms with van der Waals surface area (Å²) in [6.45, 7) is 1.68. The standard InChI is InChI=1S/C12H13NO4/c1-9-8-10(4-3-5-12(14)17-2)6-7-11(9)13(15)16/h3-4,6-8H,5H2,1-2H3. The minimum absolute atomic E-state index is 0.0927. The molecule has 0 aliphatic rings. The highest BCUT2D eigenvalue weighted by Gasteiger charge is 2.08. The predicted octanol–water partition coefficient (Wildman–Crippen LogP) is 2.48. The normalized spacial score (nSPS) is 10.5. The third kappa shape index (κ3) is 3.71. The van der Waals surface area contributed by atoms with Crippen molar-refractivity contribution in [2.24, 2.45) is 0 Å². The molecule has 5 heteroatoms. The second kappa shape index (κ2) is 5.79. The van der Waals surface area contributed by atoms with Gasteiger partial charge in [-0.15, -0.1) is 0 Å².